The zero-order valence-corrected chi connectivity index (χ0v) is 10.6. The Morgan fingerprint density at radius 1 is 1.20 bits per heavy atom. The van der Waals surface area contributed by atoms with Crippen LogP contribution in [0.4, 0.5) is 14.5 Å². The van der Waals surface area contributed by atoms with Crippen LogP contribution >= 0.6 is 0 Å². The number of carbonyl (C=O) groups excluding carboxylic acids is 1. The zero-order chi connectivity index (χ0) is 14.7. The van der Waals surface area contributed by atoms with Crippen molar-refractivity contribution >= 4 is 11.7 Å². The highest BCUT2D eigenvalue weighted by Crippen LogP contribution is 2.25. The summed E-state index contributed by atoms with van der Waals surface area (Å²) in [5.41, 5.74) is -1.62. The van der Waals surface area contributed by atoms with Crippen LogP contribution in [0.3, 0.4) is 0 Å². The minimum Gasteiger partial charge on any atom is -0.459 e. The summed E-state index contributed by atoms with van der Waals surface area (Å²) in [5.74, 6) is -3.39. The van der Waals surface area contributed by atoms with Crippen LogP contribution in [0.5, 0.6) is 0 Å². The molecule has 1 aliphatic rings. The molecule has 0 unspecified atom stereocenters. The van der Waals surface area contributed by atoms with Gasteiger partial charge in [-0.05, 0) is 31.7 Å². The number of carbonyl (C=O) groups is 1. The molecular formula is C13H13F2NO4. The van der Waals surface area contributed by atoms with E-state index in [1.807, 2.05) is 0 Å². The van der Waals surface area contributed by atoms with E-state index in [1.165, 1.54) is 0 Å². The summed E-state index contributed by atoms with van der Waals surface area (Å²) in [6.07, 6.45) is 4.01. The SMILES string of the molecule is O=C(OC1CCCCC1)c1cc(F)c([N+](=O)[O-])cc1F. The van der Waals surface area contributed by atoms with E-state index in [9.17, 15) is 23.7 Å². The fourth-order valence-corrected chi connectivity index (χ4v) is 2.23. The molecule has 0 amide bonds. The summed E-state index contributed by atoms with van der Waals surface area (Å²) in [4.78, 5) is 21.2. The molecule has 0 aromatic heterocycles. The van der Waals surface area contributed by atoms with E-state index < -0.39 is 33.8 Å². The molecule has 1 saturated carbocycles. The van der Waals surface area contributed by atoms with Crippen molar-refractivity contribution in [2.75, 3.05) is 0 Å². The van der Waals surface area contributed by atoms with Crippen molar-refractivity contribution in [1.29, 1.82) is 0 Å². The van der Waals surface area contributed by atoms with Gasteiger partial charge in [-0.2, -0.15) is 4.39 Å². The van der Waals surface area contributed by atoms with Gasteiger partial charge in [0.05, 0.1) is 16.6 Å². The van der Waals surface area contributed by atoms with Crippen molar-refractivity contribution in [2.24, 2.45) is 0 Å². The fraction of sp³-hybridized carbons (Fsp3) is 0.462. The van der Waals surface area contributed by atoms with Gasteiger partial charge in [0.15, 0.2) is 0 Å². The highest BCUT2D eigenvalue weighted by atomic mass is 19.1. The first-order valence-corrected chi connectivity index (χ1v) is 6.33. The Bertz CT molecular complexity index is 541. The number of rotatable bonds is 3. The van der Waals surface area contributed by atoms with Gasteiger partial charge in [0.2, 0.25) is 5.82 Å². The second-order valence-electron chi connectivity index (χ2n) is 4.71. The number of hydrogen-bond acceptors (Lipinski definition) is 4. The number of benzene rings is 1. The molecule has 7 heteroatoms. The molecule has 2 rings (SSSR count). The average molecular weight is 285 g/mol. The Labute approximate surface area is 113 Å². The van der Waals surface area contributed by atoms with Crippen molar-refractivity contribution in [3.63, 3.8) is 0 Å². The smallest absolute Gasteiger partial charge is 0.341 e. The molecule has 1 aliphatic carbocycles. The highest BCUT2D eigenvalue weighted by molar-refractivity contribution is 5.90. The summed E-state index contributed by atoms with van der Waals surface area (Å²) in [5, 5.41) is 10.5. The molecule has 0 N–H and O–H groups in total. The lowest BCUT2D eigenvalue weighted by atomic mass is 9.98. The third-order valence-corrected chi connectivity index (χ3v) is 3.28. The van der Waals surface area contributed by atoms with Gasteiger partial charge in [0.25, 0.3) is 0 Å². The van der Waals surface area contributed by atoms with Crippen LogP contribution in [0.2, 0.25) is 0 Å². The van der Waals surface area contributed by atoms with Crippen LogP contribution in [0.15, 0.2) is 12.1 Å². The van der Waals surface area contributed by atoms with Crippen LogP contribution in [0.25, 0.3) is 0 Å². The minimum absolute atomic E-state index is 0.297. The Balaban J connectivity index is 2.17. The number of hydrogen-bond donors (Lipinski definition) is 0. The first kappa shape index (κ1) is 14.4. The lowest BCUT2D eigenvalue weighted by molar-refractivity contribution is -0.387. The lowest BCUT2D eigenvalue weighted by Crippen LogP contribution is -2.21. The molecule has 1 aromatic carbocycles. The number of ether oxygens (including phenoxy) is 1. The summed E-state index contributed by atoms with van der Waals surface area (Å²) in [7, 11) is 0. The molecule has 0 heterocycles. The molecule has 1 aromatic rings. The molecule has 108 valence electrons. The summed E-state index contributed by atoms with van der Waals surface area (Å²) >= 11 is 0. The molecule has 1 fully saturated rings. The van der Waals surface area contributed by atoms with Gasteiger partial charge in [-0.1, -0.05) is 6.42 Å². The number of nitro benzene ring substituents is 1. The van der Waals surface area contributed by atoms with Crippen LogP contribution in [0, 0.1) is 21.7 Å². The molecule has 0 atom stereocenters. The Morgan fingerprint density at radius 3 is 2.45 bits per heavy atom. The van der Waals surface area contributed by atoms with Crippen LogP contribution in [0.1, 0.15) is 42.5 Å². The second kappa shape index (κ2) is 5.94. The van der Waals surface area contributed by atoms with Crippen molar-refractivity contribution in [2.45, 2.75) is 38.2 Å². The van der Waals surface area contributed by atoms with E-state index in [1.54, 1.807) is 0 Å². The maximum absolute atomic E-state index is 13.6. The second-order valence-corrected chi connectivity index (χ2v) is 4.71. The summed E-state index contributed by atoms with van der Waals surface area (Å²) < 4.78 is 32.1. The fourth-order valence-electron chi connectivity index (χ4n) is 2.23. The third kappa shape index (κ3) is 3.09. The van der Waals surface area contributed by atoms with Crippen LogP contribution in [-0.4, -0.2) is 17.0 Å². The van der Waals surface area contributed by atoms with E-state index in [2.05, 4.69) is 0 Å². The average Bonchev–Trinajstić information content (AvgIpc) is 2.41. The molecule has 0 bridgehead atoms. The van der Waals surface area contributed by atoms with Gasteiger partial charge in [-0.25, -0.2) is 9.18 Å². The van der Waals surface area contributed by atoms with Gasteiger partial charge in [-0.15, -0.1) is 0 Å². The predicted octanol–water partition coefficient (Wildman–Crippen LogP) is 3.36. The Morgan fingerprint density at radius 2 is 1.85 bits per heavy atom. The number of halogens is 2. The van der Waals surface area contributed by atoms with E-state index in [-0.39, 0.29) is 6.10 Å². The van der Waals surface area contributed by atoms with Crippen LogP contribution in [-0.2, 0) is 4.74 Å². The highest BCUT2D eigenvalue weighted by Gasteiger charge is 2.25. The quantitative estimate of drug-likeness (QED) is 0.485. The molecular weight excluding hydrogens is 272 g/mol. The van der Waals surface area contributed by atoms with Gasteiger partial charge in [0, 0.05) is 0 Å². The molecule has 0 radical (unpaired) electrons. The van der Waals surface area contributed by atoms with Crippen molar-refractivity contribution < 1.29 is 23.2 Å². The van der Waals surface area contributed by atoms with Gasteiger partial charge < -0.3 is 4.74 Å². The molecule has 0 spiro atoms. The van der Waals surface area contributed by atoms with Gasteiger partial charge in [0.1, 0.15) is 11.9 Å². The van der Waals surface area contributed by atoms with E-state index in [0.29, 0.717) is 25.0 Å². The van der Waals surface area contributed by atoms with Gasteiger partial charge in [-0.3, -0.25) is 10.1 Å². The molecule has 20 heavy (non-hydrogen) atoms. The van der Waals surface area contributed by atoms with E-state index in [4.69, 9.17) is 4.74 Å². The van der Waals surface area contributed by atoms with Crippen molar-refractivity contribution in [3.05, 3.63) is 39.4 Å². The normalized spacial score (nSPS) is 15.9. The standard InChI is InChI=1S/C13H13F2NO4/c14-10-7-12(16(18)19)11(15)6-9(10)13(17)20-8-4-2-1-3-5-8/h6-8H,1-5H2. The molecule has 0 aliphatic heterocycles. The minimum atomic E-state index is -1.26. The van der Waals surface area contributed by atoms with Crippen LogP contribution < -0.4 is 0 Å². The van der Waals surface area contributed by atoms with E-state index >= 15 is 0 Å². The van der Waals surface area contributed by atoms with Crippen molar-refractivity contribution in [3.8, 4) is 0 Å². The first-order valence-electron chi connectivity index (χ1n) is 6.33. The zero-order valence-electron chi connectivity index (χ0n) is 10.6. The summed E-state index contributed by atoms with van der Waals surface area (Å²) in [6.45, 7) is 0. The monoisotopic (exact) mass is 285 g/mol. The first-order chi connectivity index (χ1) is 9.49. The third-order valence-electron chi connectivity index (χ3n) is 3.28. The predicted molar refractivity (Wildman–Crippen MR) is 65.3 cm³/mol. The lowest BCUT2D eigenvalue weighted by Gasteiger charge is -2.21. The molecule has 5 nitrogen and oxygen atoms in total. The van der Waals surface area contributed by atoms with Gasteiger partial charge >= 0.3 is 11.7 Å². The number of nitro groups is 1. The number of esters is 1. The Kier molecular flexibility index (Phi) is 4.26. The topological polar surface area (TPSA) is 69.4 Å². The molecule has 0 saturated heterocycles. The maximum Gasteiger partial charge on any atom is 0.341 e. The largest absolute Gasteiger partial charge is 0.459 e. The van der Waals surface area contributed by atoms with E-state index in [0.717, 1.165) is 19.3 Å². The maximum atomic E-state index is 13.6. The summed E-state index contributed by atoms with van der Waals surface area (Å²) in [6, 6.07) is 0.908. The van der Waals surface area contributed by atoms with Crippen molar-refractivity contribution in [1.82, 2.24) is 0 Å². The number of nitrogens with zero attached hydrogens (tertiary/aromatic N) is 1. The Hall–Kier alpha value is -2.05.